The maximum Gasteiger partial charge on any atom is 0.0988 e. The Morgan fingerprint density at radius 1 is 0.905 bits per heavy atom. The number of nitrogens with zero attached hydrogens (tertiary/aromatic N) is 2. The van der Waals surface area contributed by atoms with Crippen LogP contribution in [0.3, 0.4) is 0 Å². The fraction of sp³-hybridized carbons (Fsp3) is 0.111. The third-order valence-electron chi connectivity index (χ3n) is 3.95. The van der Waals surface area contributed by atoms with E-state index in [1.165, 1.54) is 0 Å². The zero-order valence-corrected chi connectivity index (χ0v) is 11.9. The summed E-state index contributed by atoms with van der Waals surface area (Å²) >= 11 is 0. The molecule has 2 heterocycles. The summed E-state index contributed by atoms with van der Waals surface area (Å²) in [6.07, 6.45) is 0. The molecule has 2 aromatic carbocycles. The molecule has 0 aliphatic carbocycles. The second kappa shape index (κ2) is 4.16. The quantitative estimate of drug-likeness (QED) is 0.393. The molecule has 1 N–H and O–H groups in total. The van der Waals surface area contributed by atoms with Crippen LogP contribution in [0.25, 0.3) is 38.5 Å². The first-order valence-electron chi connectivity index (χ1n) is 6.94. The molecule has 0 spiro atoms. The molecule has 4 aromatic rings. The Labute approximate surface area is 121 Å². The van der Waals surface area contributed by atoms with Gasteiger partial charge in [-0.25, -0.2) is 4.98 Å². The van der Waals surface area contributed by atoms with E-state index in [4.69, 9.17) is 9.97 Å². The topological polar surface area (TPSA) is 46.0 Å². The summed E-state index contributed by atoms with van der Waals surface area (Å²) in [5.74, 6) is 0.294. The third kappa shape index (κ3) is 1.61. The van der Waals surface area contributed by atoms with E-state index in [1.54, 1.807) is 6.92 Å². The van der Waals surface area contributed by atoms with Crippen LogP contribution in [0.2, 0.25) is 0 Å². The van der Waals surface area contributed by atoms with Crippen molar-refractivity contribution in [2.75, 3.05) is 0 Å². The molecule has 102 valence electrons. The molecule has 3 nitrogen and oxygen atoms in total. The Morgan fingerprint density at radius 3 is 2.43 bits per heavy atom. The second-order valence-electron chi connectivity index (χ2n) is 5.33. The highest BCUT2D eigenvalue weighted by atomic mass is 16.3. The van der Waals surface area contributed by atoms with Crippen LogP contribution in [-0.2, 0) is 0 Å². The van der Waals surface area contributed by atoms with Gasteiger partial charge >= 0.3 is 0 Å². The third-order valence-corrected chi connectivity index (χ3v) is 3.95. The average molecular weight is 274 g/mol. The lowest BCUT2D eigenvalue weighted by Gasteiger charge is -2.10. The van der Waals surface area contributed by atoms with Crippen LogP contribution in [0.1, 0.15) is 12.6 Å². The molecule has 0 fully saturated rings. The first-order chi connectivity index (χ1) is 10.2. The van der Waals surface area contributed by atoms with Crippen molar-refractivity contribution in [1.82, 2.24) is 9.97 Å². The number of pyridine rings is 2. The number of aliphatic hydroxyl groups is 1. The van der Waals surface area contributed by atoms with Crippen molar-refractivity contribution in [2.45, 2.75) is 13.8 Å². The molecule has 4 rings (SSSR count). The molecule has 0 saturated heterocycles. The van der Waals surface area contributed by atoms with Gasteiger partial charge in [-0.2, -0.15) is 0 Å². The molecule has 0 amide bonds. The molecule has 0 aliphatic rings. The Hall–Kier alpha value is -2.68. The van der Waals surface area contributed by atoms with Crippen molar-refractivity contribution >= 4 is 38.5 Å². The SMILES string of the molecule is C/C(O)=c1/c(C)nc2c3ccccc3nc3cccc1c32. The summed E-state index contributed by atoms with van der Waals surface area (Å²) < 4.78 is 0. The van der Waals surface area contributed by atoms with Gasteiger partial charge in [-0.3, -0.25) is 4.98 Å². The van der Waals surface area contributed by atoms with Crippen LogP contribution < -0.4 is 5.22 Å². The normalized spacial score (nSPS) is 13.2. The van der Waals surface area contributed by atoms with Crippen LogP contribution in [0.5, 0.6) is 0 Å². The fourth-order valence-electron chi connectivity index (χ4n) is 3.12. The number of aliphatic hydroxyl groups excluding tert-OH is 1. The molecule has 0 radical (unpaired) electrons. The van der Waals surface area contributed by atoms with E-state index in [9.17, 15) is 5.11 Å². The van der Waals surface area contributed by atoms with Gasteiger partial charge in [0.2, 0.25) is 0 Å². The number of para-hydroxylation sites is 1. The molecule has 0 unspecified atom stereocenters. The van der Waals surface area contributed by atoms with Crippen molar-refractivity contribution in [3.8, 4) is 0 Å². The lowest BCUT2D eigenvalue weighted by atomic mass is 10.0. The van der Waals surface area contributed by atoms with Crippen molar-refractivity contribution in [3.63, 3.8) is 0 Å². The van der Waals surface area contributed by atoms with E-state index < -0.39 is 0 Å². The summed E-state index contributed by atoms with van der Waals surface area (Å²) in [7, 11) is 0. The van der Waals surface area contributed by atoms with Crippen LogP contribution in [0, 0.1) is 6.92 Å². The minimum atomic E-state index is 0.294. The van der Waals surface area contributed by atoms with E-state index in [-0.39, 0.29) is 0 Å². The lowest BCUT2D eigenvalue weighted by molar-refractivity contribution is 0.499. The predicted octanol–water partition coefficient (Wildman–Crippen LogP) is 3.65. The number of aromatic nitrogens is 2. The Bertz CT molecular complexity index is 1060. The summed E-state index contributed by atoms with van der Waals surface area (Å²) in [5, 5.41) is 13.9. The first-order valence-corrected chi connectivity index (χ1v) is 6.94. The highest BCUT2D eigenvalue weighted by Gasteiger charge is 2.12. The van der Waals surface area contributed by atoms with Gasteiger partial charge in [-0.1, -0.05) is 30.3 Å². The van der Waals surface area contributed by atoms with E-state index in [2.05, 4.69) is 0 Å². The van der Waals surface area contributed by atoms with Crippen LogP contribution in [-0.4, -0.2) is 15.1 Å². The Morgan fingerprint density at radius 2 is 1.62 bits per heavy atom. The van der Waals surface area contributed by atoms with Gasteiger partial charge in [0.05, 0.1) is 22.3 Å². The number of aryl methyl sites for hydroxylation is 1. The van der Waals surface area contributed by atoms with Gasteiger partial charge in [0.15, 0.2) is 0 Å². The Balaban J connectivity index is 2.45. The van der Waals surface area contributed by atoms with Gasteiger partial charge < -0.3 is 5.11 Å². The van der Waals surface area contributed by atoms with E-state index in [0.717, 1.165) is 43.6 Å². The summed E-state index contributed by atoms with van der Waals surface area (Å²) in [6.45, 7) is 3.64. The predicted molar refractivity (Wildman–Crippen MR) is 86.2 cm³/mol. The fourth-order valence-corrected chi connectivity index (χ4v) is 3.12. The molecule has 2 aromatic heterocycles. The van der Waals surface area contributed by atoms with E-state index >= 15 is 0 Å². The number of hydrogen-bond acceptors (Lipinski definition) is 3. The smallest absolute Gasteiger partial charge is 0.0988 e. The lowest BCUT2D eigenvalue weighted by Crippen LogP contribution is -2.13. The highest BCUT2D eigenvalue weighted by molar-refractivity contribution is 6.17. The van der Waals surface area contributed by atoms with Gasteiger partial charge in [-0.15, -0.1) is 0 Å². The van der Waals surface area contributed by atoms with Gasteiger partial charge in [0.25, 0.3) is 0 Å². The number of fused-ring (bicyclic) bond motifs is 2. The molecule has 0 bridgehead atoms. The minimum absolute atomic E-state index is 0.294. The van der Waals surface area contributed by atoms with Crippen molar-refractivity contribution < 1.29 is 5.11 Å². The maximum absolute atomic E-state index is 10.0. The number of hydrogen-bond donors (Lipinski definition) is 1. The van der Waals surface area contributed by atoms with Crippen LogP contribution in [0.4, 0.5) is 0 Å². The number of benzene rings is 2. The van der Waals surface area contributed by atoms with Gasteiger partial charge in [0, 0.05) is 21.7 Å². The molecular weight excluding hydrogens is 260 g/mol. The van der Waals surface area contributed by atoms with Gasteiger partial charge in [-0.05, 0) is 31.4 Å². The van der Waals surface area contributed by atoms with E-state index in [0.29, 0.717) is 5.76 Å². The molecule has 0 atom stereocenters. The van der Waals surface area contributed by atoms with Crippen molar-refractivity contribution in [2.24, 2.45) is 0 Å². The average Bonchev–Trinajstić information content (AvgIpc) is 2.47. The molecular formula is C18H14N2O. The number of rotatable bonds is 0. The molecule has 0 saturated carbocycles. The van der Waals surface area contributed by atoms with Crippen LogP contribution in [0.15, 0.2) is 42.5 Å². The Kier molecular flexibility index (Phi) is 2.39. The largest absolute Gasteiger partial charge is 0.512 e. The maximum atomic E-state index is 10.0. The molecule has 21 heavy (non-hydrogen) atoms. The zero-order valence-electron chi connectivity index (χ0n) is 11.9. The standard InChI is InChI=1S/C18H14N2O/c1-10-16(11(2)21)13-7-5-9-15-17(13)18(19-10)12-6-3-4-8-14(12)20-15/h3-9,21H,1-2H3/b16-11+. The summed E-state index contributed by atoms with van der Waals surface area (Å²) in [4.78, 5) is 9.48. The van der Waals surface area contributed by atoms with E-state index in [1.807, 2.05) is 49.4 Å². The second-order valence-corrected chi connectivity index (χ2v) is 5.33. The van der Waals surface area contributed by atoms with Crippen LogP contribution >= 0.6 is 0 Å². The monoisotopic (exact) mass is 274 g/mol. The van der Waals surface area contributed by atoms with Gasteiger partial charge in [0.1, 0.15) is 0 Å². The van der Waals surface area contributed by atoms with Crippen molar-refractivity contribution in [3.05, 3.63) is 53.4 Å². The highest BCUT2D eigenvalue weighted by Crippen LogP contribution is 2.28. The summed E-state index contributed by atoms with van der Waals surface area (Å²) in [6, 6.07) is 14.0. The molecule has 3 heteroatoms. The summed E-state index contributed by atoms with van der Waals surface area (Å²) in [5.41, 5.74) is 3.65. The van der Waals surface area contributed by atoms with Crippen molar-refractivity contribution in [1.29, 1.82) is 0 Å². The minimum Gasteiger partial charge on any atom is -0.512 e. The first kappa shape index (κ1) is 12.1. The zero-order chi connectivity index (χ0) is 14.6. The molecule has 0 aliphatic heterocycles.